The van der Waals surface area contributed by atoms with Crippen molar-refractivity contribution in [1.29, 1.82) is 0 Å². The number of anilines is 5. The van der Waals surface area contributed by atoms with E-state index >= 15 is 0 Å². The largest absolute Gasteiger partial charge is 0.457 e. The van der Waals surface area contributed by atoms with Crippen LogP contribution < -0.4 is 20.7 Å². The Morgan fingerprint density at radius 3 is 2.13 bits per heavy atom. The Morgan fingerprint density at radius 1 is 0.718 bits per heavy atom. The third kappa shape index (κ3) is 6.95. The van der Waals surface area contributed by atoms with Gasteiger partial charge in [-0.25, -0.2) is 9.37 Å². The van der Waals surface area contributed by atoms with Gasteiger partial charge >= 0.3 is 0 Å². The molecule has 0 radical (unpaired) electrons. The Balaban J connectivity index is 1.21. The van der Waals surface area contributed by atoms with Crippen LogP contribution in [-0.4, -0.2) is 15.9 Å². The number of nitrogens with zero attached hydrogens (tertiary/aromatic N) is 2. The number of aryl methyl sites for hydroxylation is 2. The Bertz CT molecular complexity index is 1590. The van der Waals surface area contributed by atoms with E-state index in [4.69, 9.17) is 4.74 Å². The minimum Gasteiger partial charge on any atom is -0.457 e. The molecule has 8 heteroatoms. The van der Waals surface area contributed by atoms with Gasteiger partial charge in [0.1, 0.15) is 23.1 Å². The fraction of sp³-hybridized carbons (Fsp3) is 0.0645. The zero-order valence-electron chi connectivity index (χ0n) is 21.4. The molecule has 0 aliphatic rings. The number of carbonyl (C=O) groups excluding carboxylic acids is 1. The van der Waals surface area contributed by atoms with Crippen molar-refractivity contribution < 1.29 is 13.9 Å². The van der Waals surface area contributed by atoms with Crippen LogP contribution in [0.15, 0.2) is 103 Å². The molecule has 0 saturated carbocycles. The lowest BCUT2D eigenvalue weighted by Gasteiger charge is -2.11. The summed E-state index contributed by atoms with van der Waals surface area (Å²) < 4.78 is 18.9. The highest BCUT2D eigenvalue weighted by Gasteiger charge is 2.09. The lowest BCUT2D eigenvalue weighted by Crippen LogP contribution is -2.11. The molecule has 1 aromatic heterocycles. The van der Waals surface area contributed by atoms with Crippen LogP contribution in [0.2, 0.25) is 0 Å². The fourth-order valence-corrected chi connectivity index (χ4v) is 3.78. The van der Waals surface area contributed by atoms with Crippen molar-refractivity contribution in [2.24, 2.45) is 0 Å². The Hall–Kier alpha value is -5.24. The lowest BCUT2D eigenvalue weighted by molar-refractivity contribution is 0.102. The number of rotatable bonds is 8. The third-order valence-electron chi connectivity index (χ3n) is 5.72. The first-order valence-corrected chi connectivity index (χ1v) is 12.3. The SMILES string of the molecule is Cc1ccc(Nc2nc(C)cc(Nc3ccc(NC(=O)c4cccc(Oc5ccc(F)cc5)c4)cc3)n2)cc1. The summed E-state index contributed by atoms with van der Waals surface area (Å²) in [6.45, 7) is 3.95. The zero-order chi connectivity index (χ0) is 27.2. The van der Waals surface area contributed by atoms with Crippen LogP contribution in [0, 0.1) is 19.7 Å². The maximum absolute atomic E-state index is 13.1. The Morgan fingerprint density at radius 2 is 1.38 bits per heavy atom. The van der Waals surface area contributed by atoms with Crippen LogP contribution in [0.1, 0.15) is 21.6 Å². The van der Waals surface area contributed by atoms with Gasteiger partial charge in [0.05, 0.1) is 0 Å². The summed E-state index contributed by atoms with van der Waals surface area (Å²) in [4.78, 5) is 21.9. The molecule has 39 heavy (non-hydrogen) atoms. The molecule has 0 spiro atoms. The second kappa shape index (κ2) is 11.4. The summed E-state index contributed by atoms with van der Waals surface area (Å²) in [7, 11) is 0. The van der Waals surface area contributed by atoms with Gasteiger partial charge < -0.3 is 20.7 Å². The van der Waals surface area contributed by atoms with Crippen LogP contribution in [0.3, 0.4) is 0 Å². The van der Waals surface area contributed by atoms with Gasteiger partial charge in [0.2, 0.25) is 5.95 Å². The van der Waals surface area contributed by atoms with Crippen molar-refractivity contribution in [2.45, 2.75) is 13.8 Å². The Kier molecular flexibility index (Phi) is 7.45. The summed E-state index contributed by atoms with van der Waals surface area (Å²) in [5, 5.41) is 9.40. The van der Waals surface area contributed by atoms with Crippen molar-refractivity contribution in [1.82, 2.24) is 9.97 Å². The van der Waals surface area contributed by atoms with Crippen LogP contribution in [0.4, 0.5) is 33.2 Å². The number of halogens is 1. The van der Waals surface area contributed by atoms with Crippen molar-refractivity contribution in [3.63, 3.8) is 0 Å². The number of aromatic nitrogens is 2. The van der Waals surface area contributed by atoms with Crippen molar-refractivity contribution in [2.75, 3.05) is 16.0 Å². The highest BCUT2D eigenvalue weighted by atomic mass is 19.1. The highest BCUT2D eigenvalue weighted by molar-refractivity contribution is 6.04. The van der Waals surface area contributed by atoms with Crippen LogP contribution in [0.5, 0.6) is 11.5 Å². The molecule has 5 rings (SSSR count). The monoisotopic (exact) mass is 519 g/mol. The van der Waals surface area contributed by atoms with Gasteiger partial charge in [0, 0.05) is 34.4 Å². The average Bonchev–Trinajstić information content (AvgIpc) is 2.92. The predicted octanol–water partition coefficient (Wildman–Crippen LogP) is 7.76. The number of hydrogen-bond donors (Lipinski definition) is 3. The van der Waals surface area contributed by atoms with Crippen molar-refractivity contribution in [3.05, 3.63) is 126 Å². The molecular weight excluding hydrogens is 493 g/mol. The van der Waals surface area contributed by atoms with E-state index in [1.54, 1.807) is 36.4 Å². The molecule has 5 aromatic rings. The number of carbonyl (C=O) groups is 1. The standard InChI is InChI=1S/C31H26FN5O2/c1-20-6-10-26(11-7-20)36-31-33-21(2)18-29(37-31)34-24-12-14-25(15-13-24)35-30(38)22-4-3-5-28(19-22)39-27-16-8-23(32)9-17-27/h3-19H,1-2H3,(H,35,38)(H2,33,34,36,37). The van der Waals surface area contributed by atoms with E-state index in [0.29, 0.717) is 34.5 Å². The summed E-state index contributed by atoms with van der Waals surface area (Å²) >= 11 is 0. The quantitative estimate of drug-likeness (QED) is 0.194. The van der Waals surface area contributed by atoms with Gasteiger partial charge in [-0.3, -0.25) is 4.79 Å². The van der Waals surface area contributed by atoms with Crippen molar-refractivity contribution in [3.8, 4) is 11.5 Å². The van der Waals surface area contributed by atoms with Gasteiger partial charge in [0.15, 0.2) is 0 Å². The minimum atomic E-state index is -0.344. The second-order valence-corrected chi connectivity index (χ2v) is 8.95. The number of amides is 1. The van der Waals surface area contributed by atoms with Gasteiger partial charge in [-0.1, -0.05) is 23.8 Å². The first-order valence-electron chi connectivity index (χ1n) is 12.3. The highest BCUT2D eigenvalue weighted by Crippen LogP contribution is 2.24. The molecule has 0 aliphatic carbocycles. The molecule has 194 valence electrons. The van der Waals surface area contributed by atoms with Gasteiger partial charge in [-0.05, 0) is 92.7 Å². The molecule has 3 N–H and O–H groups in total. The number of benzene rings is 4. The van der Waals surface area contributed by atoms with Gasteiger partial charge in [-0.15, -0.1) is 0 Å². The average molecular weight is 520 g/mol. The summed E-state index contributed by atoms with van der Waals surface area (Å²) in [6.07, 6.45) is 0. The molecule has 7 nitrogen and oxygen atoms in total. The number of hydrogen-bond acceptors (Lipinski definition) is 6. The second-order valence-electron chi connectivity index (χ2n) is 8.95. The van der Waals surface area contributed by atoms with E-state index in [9.17, 15) is 9.18 Å². The molecule has 0 unspecified atom stereocenters. The first-order chi connectivity index (χ1) is 18.9. The third-order valence-corrected chi connectivity index (χ3v) is 5.72. The van der Waals surface area contributed by atoms with Crippen molar-refractivity contribution >= 4 is 34.7 Å². The first kappa shape index (κ1) is 25.4. The maximum atomic E-state index is 13.1. The molecule has 0 fully saturated rings. The Labute approximate surface area is 225 Å². The van der Waals surface area contributed by atoms with Gasteiger partial charge in [-0.2, -0.15) is 4.98 Å². The van der Waals surface area contributed by atoms with E-state index in [-0.39, 0.29) is 11.7 Å². The minimum absolute atomic E-state index is 0.279. The molecule has 0 saturated heterocycles. The maximum Gasteiger partial charge on any atom is 0.255 e. The molecule has 1 amide bonds. The van der Waals surface area contributed by atoms with E-state index in [1.807, 2.05) is 56.3 Å². The molecular formula is C31H26FN5O2. The van der Waals surface area contributed by atoms with Crippen LogP contribution in [-0.2, 0) is 0 Å². The molecule has 1 heterocycles. The molecule has 0 atom stereocenters. The smallest absolute Gasteiger partial charge is 0.255 e. The zero-order valence-corrected chi connectivity index (χ0v) is 21.4. The predicted molar refractivity (Wildman–Crippen MR) is 152 cm³/mol. The molecule has 0 aliphatic heterocycles. The van der Waals surface area contributed by atoms with E-state index in [1.165, 1.54) is 29.8 Å². The summed E-state index contributed by atoms with van der Waals surface area (Å²) in [6, 6.07) is 29.7. The topological polar surface area (TPSA) is 88.2 Å². The van der Waals surface area contributed by atoms with E-state index in [2.05, 4.69) is 25.9 Å². The lowest BCUT2D eigenvalue weighted by atomic mass is 10.2. The molecule has 0 bridgehead atoms. The number of nitrogens with one attached hydrogen (secondary N) is 3. The van der Waals surface area contributed by atoms with E-state index < -0.39 is 0 Å². The molecule has 4 aromatic carbocycles. The number of ether oxygens (including phenoxy) is 1. The van der Waals surface area contributed by atoms with Gasteiger partial charge in [0.25, 0.3) is 5.91 Å². The summed E-state index contributed by atoms with van der Waals surface area (Å²) in [5.74, 6) is 1.48. The van der Waals surface area contributed by atoms with E-state index in [0.717, 1.165) is 17.1 Å². The van der Waals surface area contributed by atoms with Crippen LogP contribution in [0.25, 0.3) is 0 Å². The normalized spacial score (nSPS) is 10.5. The fourth-order valence-electron chi connectivity index (χ4n) is 3.78. The summed E-state index contributed by atoms with van der Waals surface area (Å²) in [5.41, 5.74) is 4.78. The van der Waals surface area contributed by atoms with Crippen LogP contribution >= 0.6 is 0 Å².